The summed E-state index contributed by atoms with van der Waals surface area (Å²) in [6, 6.07) is 0. The van der Waals surface area contributed by atoms with E-state index in [9.17, 15) is 0 Å². The highest BCUT2D eigenvalue weighted by atomic mass is 35.5. The fourth-order valence-electron chi connectivity index (χ4n) is 4.34. The Balaban J connectivity index is 0. The summed E-state index contributed by atoms with van der Waals surface area (Å²) in [7, 11) is 0. The summed E-state index contributed by atoms with van der Waals surface area (Å²) in [6.07, 6.45) is 32.5. The molecule has 0 aromatic rings. The molecule has 0 aromatic carbocycles. The highest BCUT2D eigenvalue weighted by molar-refractivity contribution is 5.85. The van der Waals surface area contributed by atoms with Crippen LogP contribution >= 0.6 is 12.4 Å². The van der Waals surface area contributed by atoms with Crippen molar-refractivity contribution in [2.75, 3.05) is 0 Å². The minimum absolute atomic E-state index is 0. The molecule has 178 valence electrons. The van der Waals surface area contributed by atoms with Gasteiger partial charge in [-0.25, -0.2) is 0 Å². The second-order valence-electron chi connectivity index (χ2n) is 9.54. The third kappa shape index (κ3) is 22.8. The van der Waals surface area contributed by atoms with E-state index in [-0.39, 0.29) is 17.9 Å². The van der Waals surface area contributed by atoms with E-state index in [4.69, 9.17) is 5.73 Å². The van der Waals surface area contributed by atoms with Gasteiger partial charge in [0, 0.05) is 5.54 Å². The largest absolute Gasteiger partial charge is 0.325 e. The lowest BCUT2D eigenvalue weighted by Gasteiger charge is -2.26. The summed E-state index contributed by atoms with van der Waals surface area (Å²) >= 11 is 0. The Hall–Kier alpha value is 0.250. The van der Waals surface area contributed by atoms with Crippen LogP contribution in [0.4, 0.5) is 0 Å². The Labute approximate surface area is 192 Å². The van der Waals surface area contributed by atoms with Gasteiger partial charge >= 0.3 is 0 Å². The predicted octanol–water partition coefficient (Wildman–Crippen LogP) is 10.1. The summed E-state index contributed by atoms with van der Waals surface area (Å²) in [5.41, 5.74) is 6.50. The van der Waals surface area contributed by atoms with Gasteiger partial charge in [-0.3, -0.25) is 0 Å². The summed E-state index contributed by atoms with van der Waals surface area (Å²) in [4.78, 5) is 0. The summed E-state index contributed by atoms with van der Waals surface area (Å²) < 4.78 is 0. The van der Waals surface area contributed by atoms with Gasteiger partial charge in [0.25, 0.3) is 0 Å². The monoisotopic (exact) mass is 431 g/mol. The second kappa shape index (κ2) is 24.5. The van der Waals surface area contributed by atoms with Gasteiger partial charge in [0.15, 0.2) is 0 Å². The number of hydrogen-bond acceptors (Lipinski definition) is 1. The molecule has 0 amide bonds. The smallest absolute Gasteiger partial charge is 0.0149 e. The van der Waals surface area contributed by atoms with Crippen LogP contribution in [0.25, 0.3) is 0 Å². The van der Waals surface area contributed by atoms with Crippen molar-refractivity contribution in [2.24, 2.45) is 5.73 Å². The highest BCUT2D eigenvalue weighted by Gasteiger charge is 2.18. The lowest BCUT2D eigenvalue weighted by atomic mass is 9.88. The quantitative estimate of drug-likeness (QED) is 0.160. The molecule has 0 saturated carbocycles. The lowest BCUT2D eigenvalue weighted by Crippen LogP contribution is -2.38. The summed E-state index contributed by atoms with van der Waals surface area (Å²) in [6.45, 7) is 6.77. The Morgan fingerprint density at radius 3 is 0.897 bits per heavy atom. The van der Waals surface area contributed by atoms with Crippen molar-refractivity contribution in [1.29, 1.82) is 0 Å². The Kier molecular flexibility index (Phi) is 26.6. The Bertz CT molecular complexity index is 288. The number of rotatable bonds is 23. The van der Waals surface area contributed by atoms with Crippen molar-refractivity contribution < 1.29 is 0 Å². The molecule has 0 spiro atoms. The van der Waals surface area contributed by atoms with Gasteiger partial charge in [-0.1, -0.05) is 149 Å². The van der Waals surface area contributed by atoms with Crippen LogP contribution in [0.15, 0.2) is 0 Å². The first-order chi connectivity index (χ1) is 13.7. The number of hydrogen-bond donors (Lipinski definition) is 1. The fourth-order valence-corrected chi connectivity index (χ4v) is 4.34. The average Bonchev–Trinajstić information content (AvgIpc) is 2.72. The minimum Gasteiger partial charge on any atom is -0.325 e. The standard InChI is InChI=1S/C27H57N.ClH/c1-4-7-8-9-10-11-12-13-14-15-16-17-18-19-20-21-22-23-24-25-26-27(28,5-2)6-3;/h4-26,28H2,1-3H3;1H. The maximum absolute atomic E-state index is 6.38. The zero-order valence-corrected chi connectivity index (χ0v) is 21.6. The molecule has 0 aliphatic rings. The molecule has 0 radical (unpaired) electrons. The van der Waals surface area contributed by atoms with Crippen molar-refractivity contribution in [3.05, 3.63) is 0 Å². The van der Waals surface area contributed by atoms with E-state index in [1.54, 1.807) is 0 Å². The third-order valence-electron chi connectivity index (χ3n) is 6.94. The average molecular weight is 432 g/mol. The topological polar surface area (TPSA) is 26.0 Å². The van der Waals surface area contributed by atoms with Crippen molar-refractivity contribution >= 4 is 12.4 Å². The first kappa shape index (κ1) is 31.4. The minimum atomic E-state index is 0. The summed E-state index contributed by atoms with van der Waals surface area (Å²) in [5.74, 6) is 0. The number of nitrogens with two attached hydrogens (primary N) is 1. The van der Waals surface area contributed by atoms with E-state index >= 15 is 0 Å². The first-order valence-corrected chi connectivity index (χ1v) is 13.5. The molecule has 0 heterocycles. The van der Waals surface area contributed by atoms with Gasteiger partial charge in [-0.15, -0.1) is 12.4 Å². The van der Waals surface area contributed by atoms with Crippen molar-refractivity contribution in [2.45, 2.75) is 174 Å². The number of halogens is 1. The third-order valence-corrected chi connectivity index (χ3v) is 6.94. The second-order valence-corrected chi connectivity index (χ2v) is 9.54. The van der Waals surface area contributed by atoms with Crippen LogP contribution in [0.1, 0.15) is 168 Å². The number of unbranched alkanes of at least 4 members (excludes halogenated alkanes) is 19. The molecule has 0 fully saturated rings. The van der Waals surface area contributed by atoms with Gasteiger partial charge < -0.3 is 5.73 Å². The van der Waals surface area contributed by atoms with Crippen molar-refractivity contribution in [3.8, 4) is 0 Å². The molecule has 29 heavy (non-hydrogen) atoms. The molecule has 0 saturated heterocycles. The van der Waals surface area contributed by atoms with Gasteiger partial charge in [0.1, 0.15) is 0 Å². The molecule has 1 nitrogen and oxygen atoms in total. The van der Waals surface area contributed by atoms with Gasteiger partial charge in [-0.2, -0.15) is 0 Å². The fraction of sp³-hybridized carbons (Fsp3) is 1.00. The molecule has 0 rings (SSSR count). The molecular formula is C27H58ClN. The van der Waals surface area contributed by atoms with E-state index in [0.717, 1.165) is 12.8 Å². The van der Waals surface area contributed by atoms with Crippen LogP contribution in [0, 0.1) is 0 Å². The maximum Gasteiger partial charge on any atom is 0.0149 e. The van der Waals surface area contributed by atoms with E-state index < -0.39 is 0 Å². The van der Waals surface area contributed by atoms with Crippen LogP contribution in [0.3, 0.4) is 0 Å². The van der Waals surface area contributed by atoms with Crippen LogP contribution in [-0.4, -0.2) is 5.54 Å². The first-order valence-electron chi connectivity index (χ1n) is 13.5. The predicted molar refractivity (Wildman–Crippen MR) is 137 cm³/mol. The molecule has 0 aromatic heterocycles. The van der Waals surface area contributed by atoms with E-state index in [2.05, 4.69) is 20.8 Å². The normalized spacial score (nSPS) is 11.6. The molecule has 2 heteroatoms. The van der Waals surface area contributed by atoms with Gasteiger partial charge in [-0.05, 0) is 19.3 Å². The Morgan fingerprint density at radius 1 is 0.414 bits per heavy atom. The highest BCUT2D eigenvalue weighted by Crippen LogP contribution is 2.20. The Morgan fingerprint density at radius 2 is 0.655 bits per heavy atom. The molecule has 2 N–H and O–H groups in total. The van der Waals surface area contributed by atoms with Crippen molar-refractivity contribution in [1.82, 2.24) is 0 Å². The molecule has 0 bridgehead atoms. The van der Waals surface area contributed by atoms with Gasteiger partial charge in [0.05, 0.1) is 0 Å². The molecule has 0 aliphatic carbocycles. The van der Waals surface area contributed by atoms with Crippen LogP contribution in [0.5, 0.6) is 0 Å². The lowest BCUT2D eigenvalue weighted by molar-refractivity contribution is 0.350. The van der Waals surface area contributed by atoms with Crippen molar-refractivity contribution in [3.63, 3.8) is 0 Å². The SMILES string of the molecule is CCCCCCCCCCCCCCCCCCCCCCC(N)(CC)CC.Cl. The van der Waals surface area contributed by atoms with E-state index in [1.807, 2.05) is 0 Å². The van der Waals surface area contributed by atoms with E-state index in [1.165, 1.54) is 135 Å². The van der Waals surface area contributed by atoms with Crippen LogP contribution in [0.2, 0.25) is 0 Å². The zero-order chi connectivity index (χ0) is 20.8. The van der Waals surface area contributed by atoms with Gasteiger partial charge in [0.2, 0.25) is 0 Å². The molecule has 0 atom stereocenters. The summed E-state index contributed by atoms with van der Waals surface area (Å²) in [5, 5.41) is 0. The molecule has 0 aliphatic heterocycles. The van der Waals surface area contributed by atoms with Crippen LogP contribution in [-0.2, 0) is 0 Å². The maximum atomic E-state index is 6.38. The van der Waals surface area contributed by atoms with Crippen LogP contribution < -0.4 is 5.73 Å². The van der Waals surface area contributed by atoms with E-state index in [0.29, 0.717) is 0 Å². The molecule has 0 unspecified atom stereocenters. The molecular weight excluding hydrogens is 374 g/mol. The zero-order valence-electron chi connectivity index (χ0n) is 20.7.